The average Bonchev–Trinajstić information content (AvgIpc) is 2.85. The zero-order valence-corrected chi connectivity index (χ0v) is 11.6. The second-order valence-electron chi connectivity index (χ2n) is 4.26. The third kappa shape index (κ3) is 3.57. The predicted molar refractivity (Wildman–Crippen MR) is 77.4 cm³/mol. The van der Waals surface area contributed by atoms with Gasteiger partial charge in [-0.05, 0) is 25.5 Å². The minimum absolute atomic E-state index is 0.515. The molecular formula is C13H15N3O2S. The van der Waals surface area contributed by atoms with Gasteiger partial charge in [-0.1, -0.05) is 29.5 Å². The van der Waals surface area contributed by atoms with E-state index in [1.165, 1.54) is 11.8 Å². The molecule has 0 saturated carbocycles. The van der Waals surface area contributed by atoms with Crippen LogP contribution < -0.4 is 10.6 Å². The number of amides is 2. The van der Waals surface area contributed by atoms with Crippen LogP contribution in [0.25, 0.3) is 0 Å². The number of anilines is 1. The van der Waals surface area contributed by atoms with Crippen LogP contribution in [0.5, 0.6) is 0 Å². The number of aryl methyl sites for hydroxylation is 2. The number of hydrogen-bond acceptors (Lipinski definition) is 4. The second-order valence-corrected chi connectivity index (χ2v) is 5.35. The zero-order valence-electron chi connectivity index (χ0n) is 10.8. The fraction of sp³-hybridized carbons (Fsp3) is 0.308. The van der Waals surface area contributed by atoms with Crippen LogP contribution in [0.2, 0.25) is 0 Å². The van der Waals surface area contributed by atoms with Crippen molar-refractivity contribution in [1.82, 2.24) is 5.32 Å². The molecule has 0 fully saturated rings. The van der Waals surface area contributed by atoms with Crippen LogP contribution >= 0.6 is 11.8 Å². The van der Waals surface area contributed by atoms with Gasteiger partial charge < -0.3 is 5.32 Å². The summed E-state index contributed by atoms with van der Waals surface area (Å²) in [6, 6.07) is 5.62. The normalized spacial score (nSPS) is 13.9. The van der Waals surface area contributed by atoms with Crippen molar-refractivity contribution < 1.29 is 9.59 Å². The number of amidine groups is 1. The molecule has 2 rings (SSSR count). The Morgan fingerprint density at radius 3 is 2.58 bits per heavy atom. The molecule has 6 heteroatoms. The predicted octanol–water partition coefficient (Wildman–Crippen LogP) is 1.46. The highest BCUT2D eigenvalue weighted by Gasteiger charge is 2.18. The van der Waals surface area contributed by atoms with Crippen LogP contribution in [0.3, 0.4) is 0 Å². The van der Waals surface area contributed by atoms with Crippen molar-refractivity contribution in [2.75, 3.05) is 17.6 Å². The van der Waals surface area contributed by atoms with Gasteiger partial charge in [0.2, 0.25) is 0 Å². The van der Waals surface area contributed by atoms with E-state index in [-0.39, 0.29) is 0 Å². The highest BCUT2D eigenvalue weighted by Crippen LogP contribution is 2.16. The molecule has 0 aliphatic carbocycles. The number of hydrogen-bond donors (Lipinski definition) is 2. The summed E-state index contributed by atoms with van der Waals surface area (Å²) in [6.07, 6.45) is 0. The van der Waals surface area contributed by atoms with E-state index in [1.807, 2.05) is 26.0 Å². The minimum atomic E-state index is -0.687. The molecule has 0 radical (unpaired) electrons. The summed E-state index contributed by atoms with van der Waals surface area (Å²) in [7, 11) is 0. The van der Waals surface area contributed by atoms with Crippen molar-refractivity contribution in [3.05, 3.63) is 29.3 Å². The summed E-state index contributed by atoms with van der Waals surface area (Å²) in [5, 5.41) is 5.60. The van der Waals surface area contributed by atoms with Crippen LogP contribution in [-0.2, 0) is 9.59 Å². The molecule has 1 aromatic carbocycles. The van der Waals surface area contributed by atoms with Gasteiger partial charge in [0.25, 0.3) is 0 Å². The molecule has 0 unspecified atom stereocenters. The summed E-state index contributed by atoms with van der Waals surface area (Å²) >= 11 is 1.44. The van der Waals surface area contributed by atoms with Crippen LogP contribution in [0, 0.1) is 13.8 Å². The van der Waals surface area contributed by atoms with Crippen molar-refractivity contribution in [2.24, 2.45) is 4.99 Å². The standard InChI is InChI=1S/C13H15N3O2S/c1-8-3-4-10(9(2)7-8)15-11(17)12(18)16-13-14-5-6-19-13/h3-4,7H,5-6H2,1-2H3,(H,15,17)(H,14,16,18). The molecule has 0 spiro atoms. The second kappa shape index (κ2) is 5.88. The molecule has 1 heterocycles. The van der Waals surface area contributed by atoms with Crippen LogP contribution in [-0.4, -0.2) is 29.3 Å². The van der Waals surface area contributed by atoms with Gasteiger partial charge in [0, 0.05) is 11.4 Å². The highest BCUT2D eigenvalue weighted by atomic mass is 32.2. The van der Waals surface area contributed by atoms with Gasteiger partial charge in [-0.25, -0.2) is 0 Å². The van der Waals surface area contributed by atoms with E-state index in [4.69, 9.17) is 0 Å². The van der Waals surface area contributed by atoms with E-state index in [0.717, 1.165) is 16.9 Å². The number of aliphatic imine (C=N–C) groups is 1. The van der Waals surface area contributed by atoms with E-state index in [2.05, 4.69) is 15.6 Å². The summed E-state index contributed by atoms with van der Waals surface area (Å²) in [6.45, 7) is 4.54. The number of carbonyl (C=O) groups is 2. The van der Waals surface area contributed by atoms with Gasteiger partial charge in [-0.3, -0.25) is 19.9 Å². The van der Waals surface area contributed by atoms with Crippen molar-refractivity contribution in [3.63, 3.8) is 0 Å². The lowest BCUT2D eigenvalue weighted by Crippen LogP contribution is -2.37. The number of thioether (sulfide) groups is 1. The van der Waals surface area contributed by atoms with Crippen LogP contribution in [0.15, 0.2) is 23.2 Å². The maximum Gasteiger partial charge on any atom is 0.315 e. The highest BCUT2D eigenvalue weighted by molar-refractivity contribution is 8.14. The summed E-state index contributed by atoms with van der Waals surface area (Å²) < 4.78 is 0. The molecular weight excluding hydrogens is 262 g/mol. The van der Waals surface area contributed by atoms with E-state index in [9.17, 15) is 9.59 Å². The lowest BCUT2D eigenvalue weighted by atomic mass is 10.1. The number of rotatable bonds is 1. The Balaban J connectivity index is 1.98. The quantitative estimate of drug-likeness (QED) is 0.763. The van der Waals surface area contributed by atoms with E-state index >= 15 is 0 Å². The van der Waals surface area contributed by atoms with Crippen molar-refractivity contribution in [2.45, 2.75) is 13.8 Å². The van der Waals surface area contributed by atoms with Crippen molar-refractivity contribution in [3.8, 4) is 0 Å². The van der Waals surface area contributed by atoms with E-state index in [0.29, 0.717) is 17.4 Å². The van der Waals surface area contributed by atoms with Gasteiger partial charge in [-0.15, -0.1) is 0 Å². The van der Waals surface area contributed by atoms with Crippen molar-refractivity contribution >= 4 is 34.4 Å². The topological polar surface area (TPSA) is 70.6 Å². The third-order valence-electron chi connectivity index (χ3n) is 2.64. The lowest BCUT2D eigenvalue weighted by Gasteiger charge is -2.09. The molecule has 1 aliphatic heterocycles. The Labute approximate surface area is 115 Å². The van der Waals surface area contributed by atoms with Gasteiger partial charge in [0.15, 0.2) is 5.17 Å². The van der Waals surface area contributed by atoms with Gasteiger partial charge >= 0.3 is 11.8 Å². The molecule has 0 aromatic heterocycles. The molecule has 19 heavy (non-hydrogen) atoms. The molecule has 0 atom stereocenters. The largest absolute Gasteiger partial charge is 0.318 e. The maximum absolute atomic E-state index is 11.7. The molecule has 0 saturated heterocycles. The molecule has 2 amide bonds. The van der Waals surface area contributed by atoms with Crippen LogP contribution in [0.4, 0.5) is 5.69 Å². The van der Waals surface area contributed by atoms with Gasteiger partial charge in [0.1, 0.15) is 0 Å². The van der Waals surface area contributed by atoms with Crippen molar-refractivity contribution in [1.29, 1.82) is 0 Å². The number of nitrogens with one attached hydrogen (secondary N) is 2. The Morgan fingerprint density at radius 1 is 1.21 bits per heavy atom. The number of benzene rings is 1. The SMILES string of the molecule is Cc1ccc(NC(=O)C(=O)NC2=NCCS2)c(C)c1. The third-order valence-corrected chi connectivity index (χ3v) is 3.53. The zero-order chi connectivity index (χ0) is 13.8. The molecule has 1 aromatic rings. The number of carbonyl (C=O) groups excluding carboxylic acids is 2. The fourth-order valence-corrected chi connectivity index (χ4v) is 2.42. The number of nitrogens with zero attached hydrogens (tertiary/aromatic N) is 1. The summed E-state index contributed by atoms with van der Waals surface area (Å²) in [5.74, 6) is -0.524. The first kappa shape index (κ1) is 13.6. The first-order valence-corrected chi connectivity index (χ1v) is 6.91. The molecule has 1 aliphatic rings. The average molecular weight is 277 g/mol. The van der Waals surface area contributed by atoms with Crippen LogP contribution in [0.1, 0.15) is 11.1 Å². The maximum atomic E-state index is 11.7. The monoisotopic (exact) mass is 277 g/mol. The first-order valence-electron chi connectivity index (χ1n) is 5.93. The Hall–Kier alpha value is -1.82. The molecule has 100 valence electrons. The van der Waals surface area contributed by atoms with E-state index < -0.39 is 11.8 Å². The fourth-order valence-electron chi connectivity index (χ4n) is 1.70. The Morgan fingerprint density at radius 2 is 1.95 bits per heavy atom. The molecule has 2 N–H and O–H groups in total. The first-order chi connectivity index (χ1) is 9.06. The van der Waals surface area contributed by atoms with Gasteiger partial charge in [-0.2, -0.15) is 0 Å². The minimum Gasteiger partial charge on any atom is -0.318 e. The molecule has 0 bridgehead atoms. The van der Waals surface area contributed by atoms with E-state index in [1.54, 1.807) is 6.07 Å². The smallest absolute Gasteiger partial charge is 0.315 e. The summed E-state index contributed by atoms with van der Waals surface area (Å²) in [4.78, 5) is 27.5. The molecule has 5 nitrogen and oxygen atoms in total. The van der Waals surface area contributed by atoms with Gasteiger partial charge in [0.05, 0.1) is 6.54 Å². The lowest BCUT2D eigenvalue weighted by molar-refractivity contribution is -0.135. The Bertz CT molecular complexity index is 555. The Kier molecular flexibility index (Phi) is 4.21. The summed E-state index contributed by atoms with van der Waals surface area (Å²) in [5.41, 5.74) is 2.68.